The summed E-state index contributed by atoms with van der Waals surface area (Å²) in [5.41, 5.74) is -0.445. The smallest absolute Gasteiger partial charge is 0.327 e. The number of fused-ring (bicyclic) bond motifs is 1. The van der Waals surface area contributed by atoms with Crippen LogP contribution in [0.5, 0.6) is 0 Å². The number of aromatic amines is 3. The zero-order chi connectivity index (χ0) is 15.0. The summed E-state index contributed by atoms with van der Waals surface area (Å²) in [6.07, 6.45) is 1.34. The molecular weight excluding hydrogens is 260 g/mol. The largest absolute Gasteiger partial charge is 0.481 e. The van der Waals surface area contributed by atoms with Gasteiger partial charge in [0.25, 0.3) is 17.5 Å². The van der Waals surface area contributed by atoms with Crippen molar-refractivity contribution in [1.29, 1.82) is 0 Å². The van der Waals surface area contributed by atoms with Crippen LogP contribution in [0.25, 0.3) is 11.2 Å². The third kappa shape index (κ3) is 7.10. The quantitative estimate of drug-likeness (QED) is 0.414. The summed E-state index contributed by atoms with van der Waals surface area (Å²) >= 11 is 0. The Morgan fingerprint density at radius 3 is 2.05 bits per heavy atom. The highest BCUT2D eigenvalue weighted by atomic mass is 16.4. The minimum absolute atomic E-state index is 0.277. The van der Waals surface area contributed by atoms with Crippen molar-refractivity contribution in [2.75, 3.05) is 0 Å². The van der Waals surface area contributed by atoms with Gasteiger partial charge in [-0.3, -0.25) is 24.4 Å². The average molecular weight is 272 g/mol. The normalized spacial score (nSPS) is 8.74. The summed E-state index contributed by atoms with van der Waals surface area (Å²) in [5, 5.41) is 14.8. The fourth-order valence-corrected chi connectivity index (χ4v) is 0.867. The predicted octanol–water partition coefficient (Wildman–Crippen LogP) is -0.879. The van der Waals surface area contributed by atoms with Gasteiger partial charge in [-0.25, -0.2) is 9.78 Å². The number of aliphatic carboxylic acids is 2. The lowest BCUT2D eigenvalue weighted by Crippen LogP contribution is -2.21. The molecule has 10 nitrogen and oxygen atoms in total. The standard InChI is InChI=1S/C5H4N4O2.2C2H4O2/c10-4-2-3(7-1-6-2)8-5(11)9-4;2*1-2(3)4/h1H,(H3,6,7,8,9,10,11);2*1H3,(H,3,4). The van der Waals surface area contributed by atoms with Gasteiger partial charge in [0, 0.05) is 13.8 Å². The van der Waals surface area contributed by atoms with E-state index in [-0.39, 0.29) is 11.2 Å². The van der Waals surface area contributed by atoms with E-state index in [4.69, 9.17) is 19.8 Å². The Hall–Kier alpha value is -2.91. The molecule has 0 bridgehead atoms. The van der Waals surface area contributed by atoms with E-state index >= 15 is 0 Å². The van der Waals surface area contributed by atoms with Crippen LogP contribution >= 0.6 is 0 Å². The number of carbonyl (C=O) groups is 2. The molecule has 0 saturated carbocycles. The Morgan fingerprint density at radius 2 is 1.58 bits per heavy atom. The summed E-state index contributed by atoms with van der Waals surface area (Å²) < 4.78 is 0. The van der Waals surface area contributed by atoms with Crippen molar-refractivity contribution in [3.05, 3.63) is 27.2 Å². The zero-order valence-corrected chi connectivity index (χ0v) is 10.1. The van der Waals surface area contributed by atoms with Gasteiger partial charge in [-0.15, -0.1) is 0 Å². The summed E-state index contributed by atoms with van der Waals surface area (Å²) in [4.78, 5) is 50.3. The second-order valence-electron chi connectivity index (χ2n) is 3.07. The maximum absolute atomic E-state index is 10.9. The van der Waals surface area contributed by atoms with Gasteiger partial charge in [0.05, 0.1) is 6.33 Å². The first-order chi connectivity index (χ1) is 8.73. The van der Waals surface area contributed by atoms with Crippen molar-refractivity contribution in [3.8, 4) is 0 Å². The Morgan fingerprint density at radius 1 is 1.11 bits per heavy atom. The molecule has 0 amide bonds. The van der Waals surface area contributed by atoms with E-state index in [9.17, 15) is 9.59 Å². The third-order valence-corrected chi connectivity index (χ3v) is 1.33. The number of nitrogens with zero attached hydrogens (tertiary/aromatic N) is 1. The molecule has 0 fully saturated rings. The number of aromatic nitrogens is 4. The van der Waals surface area contributed by atoms with E-state index in [1.54, 1.807) is 0 Å². The van der Waals surface area contributed by atoms with E-state index in [1.807, 2.05) is 0 Å². The van der Waals surface area contributed by atoms with Crippen LogP contribution in [0.3, 0.4) is 0 Å². The highest BCUT2D eigenvalue weighted by Gasteiger charge is 1.99. The van der Waals surface area contributed by atoms with Crippen molar-refractivity contribution in [2.45, 2.75) is 13.8 Å². The van der Waals surface area contributed by atoms with Crippen molar-refractivity contribution in [3.63, 3.8) is 0 Å². The summed E-state index contributed by atoms with van der Waals surface area (Å²) in [6, 6.07) is 0. The molecule has 0 aromatic carbocycles. The molecule has 0 spiro atoms. The van der Waals surface area contributed by atoms with Gasteiger partial charge >= 0.3 is 5.69 Å². The fraction of sp³-hybridized carbons (Fsp3) is 0.222. The van der Waals surface area contributed by atoms with Gasteiger partial charge < -0.3 is 15.2 Å². The molecule has 104 valence electrons. The zero-order valence-electron chi connectivity index (χ0n) is 10.1. The van der Waals surface area contributed by atoms with Crippen LogP contribution in [-0.4, -0.2) is 42.1 Å². The lowest BCUT2D eigenvalue weighted by Gasteiger charge is -1.83. The molecule has 2 heterocycles. The number of carboxylic acid groups (broad SMARTS) is 2. The van der Waals surface area contributed by atoms with Gasteiger partial charge in [-0.2, -0.15) is 0 Å². The first-order valence-electron chi connectivity index (χ1n) is 4.78. The second-order valence-corrected chi connectivity index (χ2v) is 3.07. The summed E-state index contributed by atoms with van der Waals surface area (Å²) in [6.45, 7) is 2.17. The number of imidazole rings is 1. The molecule has 2 rings (SSSR count). The highest BCUT2D eigenvalue weighted by Crippen LogP contribution is 1.92. The first kappa shape index (κ1) is 16.1. The number of carboxylic acids is 2. The van der Waals surface area contributed by atoms with Gasteiger partial charge in [0.2, 0.25) is 0 Å². The molecule has 2 aromatic heterocycles. The molecular formula is C9H12N4O6. The highest BCUT2D eigenvalue weighted by molar-refractivity contribution is 5.67. The molecule has 0 unspecified atom stereocenters. The molecule has 0 aliphatic carbocycles. The minimum Gasteiger partial charge on any atom is -0.481 e. The molecule has 0 saturated heterocycles. The second kappa shape index (κ2) is 7.42. The van der Waals surface area contributed by atoms with Crippen LogP contribution in [0, 0.1) is 0 Å². The van der Waals surface area contributed by atoms with Crippen molar-refractivity contribution in [2.24, 2.45) is 0 Å². The van der Waals surface area contributed by atoms with Crippen LogP contribution in [0.1, 0.15) is 13.8 Å². The number of hydrogen-bond acceptors (Lipinski definition) is 5. The maximum Gasteiger partial charge on any atom is 0.327 e. The molecule has 0 radical (unpaired) electrons. The van der Waals surface area contributed by atoms with E-state index in [0.29, 0.717) is 0 Å². The Kier molecular flexibility index (Phi) is 6.29. The van der Waals surface area contributed by atoms with Crippen LogP contribution in [0.2, 0.25) is 0 Å². The van der Waals surface area contributed by atoms with Crippen LogP contribution < -0.4 is 11.2 Å². The van der Waals surface area contributed by atoms with Crippen LogP contribution in [-0.2, 0) is 9.59 Å². The van der Waals surface area contributed by atoms with Gasteiger partial charge in [0.15, 0.2) is 5.65 Å². The van der Waals surface area contributed by atoms with Crippen molar-refractivity contribution in [1.82, 2.24) is 19.9 Å². The van der Waals surface area contributed by atoms with E-state index in [0.717, 1.165) is 13.8 Å². The first-order valence-corrected chi connectivity index (χ1v) is 4.78. The molecule has 0 aliphatic rings. The number of rotatable bonds is 0. The number of H-pyrrole nitrogens is 3. The predicted molar refractivity (Wildman–Crippen MR) is 64.0 cm³/mol. The van der Waals surface area contributed by atoms with Crippen molar-refractivity contribution >= 4 is 23.1 Å². The lowest BCUT2D eigenvalue weighted by atomic mass is 10.5. The topological polar surface area (TPSA) is 169 Å². The summed E-state index contributed by atoms with van der Waals surface area (Å²) in [5.74, 6) is -1.67. The Bertz CT molecular complexity index is 647. The fourth-order valence-electron chi connectivity index (χ4n) is 0.867. The van der Waals surface area contributed by atoms with Gasteiger partial charge in [-0.05, 0) is 0 Å². The molecule has 0 aliphatic heterocycles. The van der Waals surface area contributed by atoms with Crippen molar-refractivity contribution < 1.29 is 19.8 Å². The number of hydrogen-bond donors (Lipinski definition) is 5. The minimum atomic E-state index is -0.833. The molecule has 19 heavy (non-hydrogen) atoms. The average Bonchev–Trinajstić information content (AvgIpc) is 2.63. The Labute approximate surface area is 105 Å². The maximum atomic E-state index is 10.9. The molecule has 10 heteroatoms. The SMILES string of the molecule is CC(=O)O.CC(=O)O.O=c1[nH]c(=O)c2[nH]cnc2[nH]1. The Balaban J connectivity index is 0.000000342. The van der Waals surface area contributed by atoms with E-state index < -0.39 is 23.2 Å². The van der Waals surface area contributed by atoms with Gasteiger partial charge in [-0.1, -0.05) is 0 Å². The lowest BCUT2D eigenvalue weighted by molar-refractivity contribution is -0.135. The summed E-state index contributed by atoms with van der Waals surface area (Å²) in [7, 11) is 0. The van der Waals surface area contributed by atoms with Crippen LogP contribution in [0.4, 0.5) is 0 Å². The van der Waals surface area contributed by atoms with E-state index in [1.165, 1.54) is 6.33 Å². The van der Waals surface area contributed by atoms with Crippen LogP contribution in [0.15, 0.2) is 15.9 Å². The van der Waals surface area contributed by atoms with Gasteiger partial charge in [0.1, 0.15) is 5.52 Å². The third-order valence-electron chi connectivity index (χ3n) is 1.33. The van der Waals surface area contributed by atoms with E-state index in [2.05, 4.69) is 19.9 Å². The molecule has 0 atom stereocenters. The molecule has 2 aromatic rings. The monoisotopic (exact) mass is 272 g/mol. The number of nitrogens with one attached hydrogen (secondary N) is 3. The molecule has 5 N–H and O–H groups in total.